The highest BCUT2D eigenvalue weighted by Crippen LogP contribution is 2.60. The van der Waals surface area contributed by atoms with Crippen LogP contribution >= 0.6 is 0 Å². The number of hydrogen-bond donors (Lipinski definition) is 1. The number of likely N-dealkylation sites (tertiary alicyclic amines) is 1. The maximum atomic E-state index is 13.2. The van der Waals surface area contributed by atoms with E-state index in [0.717, 1.165) is 43.4 Å². The number of aliphatic carboxylic acids is 1. The minimum atomic E-state index is -0.821. The van der Waals surface area contributed by atoms with E-state index in [9.17, 15) is 14.7 Å². The van der Waals surface area contributed by atoms with Gasteiger partial charge in [0.05, 0.1) is 5.41 Å². The predicted octanol–water partition coefficient (Wildman–Crippen LogP) is 2.52. The van der Waals surface area contributed by atoms with E-state index in [1.165, 1.54) is 19.3 Å². The van der Waals surface area contributed by atoms with Crippen molar-refractivity contribution < 1.29 is 14.7 Å². The Morgan fingerprint density at radius 2 is 1.57 bits per heavy atom. The number of rotatable bonds is 2. The lowest BCUT2D eigenvalue weighted by Gasteiger charge is -2.56. The summed E-state index contributed by atoms with van der Waals surface area (Å²) in [7, 11) is 0. The van der Waals surface area contributed by atoms with Crippen molar-refractivity contribution in [3.63, 3.8) is 0 Å². The third kappa shape index (κ3) is 1.94. The first-order chi connectivity index (χ1) is 9.98. The van der Waals surface area contributed by atoms with E-state index in [1.54, 1.807) is 4.90 Å². The molecule has 1 amide bonds. The van der Waals surface area contributed by atoms with Gasteiger partial charge < -0.3 is 10.0 Å². The molecule has 5 rings (SSSR count). The molecule has 4 bridgehead atoms. The second-order valence-corrected chi connectivity index (χ2v) is 8.25. The number of carbonyl (C=O) groups is 2. The molecule has 0 spiro atoms. The summed E-state index contributed by atoms with van der Waals surface area (Å²) in [5.74, 6) is 1.62. The predicted molar refractivity (Wildman–Crippen MR) is 77.5 cm³/mol. The number of hydrogen-bond acceptors (Lipinski definition) is 2. The topological polar surface area (TPSA) is 57.6 Å². The summed E-state index contributed by atoms with van der Waals surface area (Å²) in [6.45, 7) is 2.60. The van der Waals surface area contributed by atoms with E-state index in [4.69, 9.17) is 0 Å². The van der Waals surface area contributed by atoms with Gasteiger partial charge in [0.25, 0.3) is 0 Å². The van der Waals surface area contributed by atoms with Crippen LogP contribution < -0.4 is 0 Å². The second kappa shape index (κ2) is 4.47. The van der Waals surface area contributed by atoms with Gasteiger partial charge in [-0.05, 0) is 68.6 Å². The highest BCUT2D eigenvalue weighted by Gasteiger charge is 2.57. The van der Waals surface area contributed by atoms with Gasteiger partial charge >= 0.3 is 5.97 Å². The molecule has 116 valence electrons. The Hall–Kier alpha value is -1.06. The molecule has 2 unspecified atom stereocenters. The maximum absolute atomic E-state index is 13.2. The monoisotopic (exact) mass is 291 g/mol. The van der Waals surface area contributed by atoms with E-state index in [1.807, 2.05) is 6.92 Å². The Morgan fingerprint density at radius 1 is 1.05 bits per heavy atom. The summed E-state index contributed by atoms with van der Waals surface area (Å²) in [6.07, 6.45) is 7.83. The van der Waals surface area contributed by atoms with E-state index >= 15 is 0 Å². The molecule has 1 aliphatic heterocycles. The molecule has 21 heavy (non-hydrogen) atoms. The van der Waals surface area contributed by atoms with Gasteiger partial charge in [-0.25, -0.2) is 4.79 Å². The van der Waals surface area contributed by atoms with E-state index in [2.05, 4.69) is 0 Å². The van der Waals surface area contributed by atoms with Crippen LogP contribution in [0.15, 0.2) is 0 Å². The molecule has 4 heteroatoms. The van der Waals surface area contributed by atoms with Crippen molar-refractivity contribution in [1.82, 2.24) is 4.90 Å². The average molecular weight is 291 g/mol. The zero-order valence-corrected chi connectivity index (χ0v) is 12.8. The number of carbonyl (C=O) groups excluding carboxylic acids is 1. The van der Waals surface area contributed by atoms with Gasteiger partial charge in [0.1, 0.15) is 6.04 Å². The fourth-order valence-electron chi connectivity index (χ4n) is 6.23. The first-order valence-electron chi connectivity index (χ1n) is 8.52. The number of carboxylic acids is 1. The summed E-state index contributed by atoms with van der Waals surface area (Å²) in [5.41, 5.74) is -0.202. The Kier molecular flexibility index (Phi) is 2.89. The Labute approximate surface area is 125 Å². The highest BCUT2D eigenvalue weighted by atomic mass is 16.4. The van der Waals surface area contributed by atoms with Crippen molar-refractivity contribution in [3.8, 4) is 0 Å². The van der Waals surface area contributed by atoms with Gasteiger partial charge in [-0.3, -0.25) is 4.79 Å². The number of amides is 1. The highest BCUT2D eigenvalue weighted by molar-refractivity contribution is 5.88. The normalized spacial score (nSPS) is 47.9. The standard InChI is InChI=1S/C17H25NO3/c1-10-2-3-18(14(10)15(19)20)16(21)17-7-11-4-12(8-17)6-13(5-11)9-17/h10-14H,2-9H2,1H3,(H,19,20). The van der Waals surface area contributed by atoms with E-state index < -0.39 is 12.0 Å². The molecular weight excluding hydrogens is 266 g/mol. The van der Waals surface area contributed by atoms with Crippen LogP contribution in [0.1, 0.15) is 51.9 Å². The van der Waals surface area contributed by atoms with Gasteiger partial charge in [0.15, 0.2) is 0 Å². The first kappa shape index (κ1) is 13.6. The lowest BCUT2D eigenvalue weighted by atomic mass is 9.49. The van der Waals surface area contributed by atoms with Crippen molar-refractivity contribution >= 4 is 11.9 Å². The van der Waals surface area contributed by atoms with E-state index in [0.29, 0.717) is 6.54 Å². The average Bonchev–Trinajstić information content (AvgIpc) is 2.78. The number of nitrogens with zero attached hydrogens (tertiary/aromatic N) is 1. The quantitative estimate of drug-likeness (QED) is 0.850. The van der Waals surface area contributed by atoms with Crippen molar-refractivity contribution in [2.45, 2.75) is 57.9 Å². The molecule has 0 aromatic rings. The molecule has 5 fully saturated rings. The molecule has 0 aromatic carbocycles. The molecule has 4 saturated carbocycles. The first-order valence-corrected chi connectivity index (χ1v) is 8.52. The van der Waals surface area contributed by atoms with E-state index in [-0.39, 0.29) is 17.2 Å². The van der Waals surface area contributed by atoms with Crippen LogP contribution in [0, 0.1) is 29.1 Å². The lowest BCUT2D eigenvalue weighted by molar-refractivity contribution is -0.164. The van der Waals surface area contributed by atoms with Crippen LogP contribution in [0.3, 0.4) is 0 Å². The zero-order chi connectivity index (χ0) is 14.8. The van der Waals surface area contributed by atoms with Gasteiger partial charge in [0, 0.05) is 6.54 Å². The second-order valence-electron chi connectivity index (χ2n) is 8.25. The summed E-state index contributed by atoms with van der Waals surface area (Å²) < 4.78 is 0. The smallest absolute Gasteiger partial charge is 0.326 e. The molecule has 1 saturated heterocycles. The summed E-state index contributed by atoms with van der Waals surface area (Å²) >= 11 is 0. The fourth-order valence-corrected chi connectivity index (χ4v) is 6.23. The minimum absolute atomic E-state index is 0.0837. The van der Waals surface area contributed by atoms with Gasteiger partial charge in [-0.2, -0.15) is 0 Å². The summed E-state index contributed by atoms with van der Waals surface area (Å²) in [5, 5.41) is 9.49. The van der Waals surface area contributed by atoms with Gasteiger partial charge in [-0.1, -0.05) is 6.92 Å². The van der Waals surface area contributed by atoms with Crippen LogP contribution in [0.2, 0.25) is 0 Å². The molecule has 5 aliphatic rings. The van der Waals surface area contributed by atoms with Crippen LogP contribution in [0.5, 0.6) is 0 Å². The molecular formula is C17H25NO3. The summed E-state index contributed by atoms with van der Waals surface area (Å²) in [4.78, 5) is 26.5. The van der Waals surface area contributed by atoms with Crippen molar-refractivity contribution in [2.24, 2.45) is 29.1 Å². The maximum Gasteiger partial charge on any atom is 0.326 e. The van der Waals surface area contributed by atoms with Crippen molar-refractivity contribution in [1.29, 1.82) is 0 Å². The lowest BCUT2D eigenvalue weighted by Crippen LogP contribution is -2.56. The number of carboxylic acid groups (broad SMARTS) is 1. The van der Waals surface area contributed by atoms with Crippen LogP contribution in [0.25, 0.3) is 0 Å². The molecule has 2 atom stereocenters. The zero-order valence-electron chi connectivity index (χ0n) is 12.8. The third-order valence-electron chi connectivity index (χ3n) is 6.71. The largest absolute Gasteiger partial charge is 0.480 e. The Bertz CT molecular complexity index is 451. The van der Waals surface area contributed by atoms with Gasteiger partial charge in [0.2, 0.25) is 5.91 Å². The SMILES string of the molecule is CC1CCN(C(=O)C23CC4CC(CC(C4)C2)C3)C1C(=O)O. The molecule has 4 nitrogen and oxygen atoms in total. The third-order valence-corrected chi connectivity index (χ3v) is 6.71. The Balaban J connectivity index is 1.61. The molecule has 1 N–H and O–H groups in total. The minimum Gasteiger partial charge on any atom is -0.480 e. The van der Waals surface area contributed by atoms with Crippen LogP contribution in [-0.4, -0.2) is 34.5 Å². The van der Waals surface area contributed by atoms with Crippen molar-refractivity contribution in [3.05, 3.63) is 0 Å². The summed E-state index contributed by atoms with van der Waals surface area (Å²) in [6, 6.07) is -0.592. The Morgan fingerprint density at radius 3 is 2.05 bits per heavy atom. The van der Waals surface area contributed by atoms with Crippen LogP contribution in [-0.2, 0) is 9.59 Å². The fraction of sp³-hybridized carbons (Fsp3) is 0.882. The van der Waals surface area contributed by atoms with Gasteiger partial charge in [-0.15, -0.1) is 0 Å². The molecule has 0 aromatic heterocycles. The molecule has 0 radical (unpaired) electrons. The molecule has 1 heterocycles. The van der Waals surface area contributed by atoms with Crippen LogP contribution in [0.4, 0.5) is 0 Å². The van der Waals surface area contributed by atoms with Crippen molar-refractivity contribution in [2.75, 3.05) is 6.54 Å². The molecule has 4 aliphatic carbocycles.